The van der Waals surface area contributed by atoms with Crippen LogP contribution in [0.5, 0.6) is 0 Å². The van der Waals surface area contributed by atoms with Gasteiger partial charge in [0.05, 0.1) is 20.1 Å². The van der Waals surface area contributed by atoms with Gasteiger partial charge in [0.2, 0.25) is 0 Å². The molecule has 1 aliphatic heterocycles. The predicted molar refractivity (Wildman–Crippen MR) is 51.1 cm³/mol. The highest BCUT2D eigenvalue weighted by atomic mass is 16.5. The zero-order valence-corrected chi connectivity index (χ0v) is 7.90. The summed E-state index contributed by atoms with van der Waals surface area (Å²) in [5.41, 5.74) is 4.12. The summed E-state index contributed by atoms with van der Waals surface area (Å²) in [6.45, 7) is -0.140. The molecule has 1 rings (SSSR count). The molecule has 2 N–H and O–H groups in total. The third kappa shape index (κ3) is 1.88. The highest BCUT2D eigenvalue weighted by Gasteiger charge is 2.38. The Hall–Kier alpha value is -1.49. The molecule has 1 heterocycles. The van der Waals surface area contributed by atoms with Gasteiger partial charge in [0, 0.05) is 6.21 Å². The first kappa shape index (κ1) is 10.6. The van der Waals surface area contributed by atoms with Gasteiger partial charge in [0.1, 0.15) is 5.54 Å². The fourth-order valence-electron chi connectivity index (χ4n) is 1.26. The number of hydrogen-bond donors (Lipinski definition) is 1. The molecule has 0 amide bonds. The van der Waals surface area contributed by atoms with Crippen molar-refractivity contribution in [2.45, 2.75) is 12.0 Å². The van der Waals surface area contributed by atoms with Gasteiger partial charge in [-0.15, -0.1) is 0 Å². The minimum atomic E-state index is -1.12. The van der Waals surface area contributed by atoms with E-state index in [1.165, 1.54) is 13.3 Å². The molecular weight excluding hydrogens is 184 g/mol. The fourth-order valence-corrected chi connectivity index (χ4v) is 1.26. The maximum atomic E-state index is 11.5. The second-order valence-electron chi connectivity index (χ2n) is 2.94. The molecule has 0 aromatic rings. The van der Waals surface area contributed by atoms with Gasteiger partial charge in [-0.1, -0.05) is 0 Å². The van der Waals surface area contributed by atoms with E-state index < -0.39 is 11.5 Å². The molecule has 0 aliphatic carbocycles. The number of ether oxygens (including phenoxy) is 1. The van der Waals surface area contributed by atoms with E-state index in [1.54, 1.807) is 12.2 Å². The van der Waals surface area contributed by atoms with Crippen molar-refractivity contribution >= 4 is 18.0 Å². The lowest BCUT2D eigenvalue weighted by molar-refractivity contribution is -0.143. The number of Topliss-reactive ketones (excluding diaryl/α,β-unsaturated/α-hetero) is 1. The summed E-state index contributed by atoms with van der Waals surface area (Å²) in [6, 6.07) is 0. The zero-order chi connectivity index (χ0) is 10.6. The van der Waals surface area contributed by atoms with E-state index in [2.05, 4.69) is 9.73 Å². The van der Waals surface area contributed by atoms with Crippen LogP contribution in [0.3, 0.4) is 0 Å². The van der Waals surface area contributed by atoms with E-state index in [0.29, 0.717) is 0 Å². The van der Waals surface area contributed by atoms with Gasteiger partial charge < -0.3 is 10.5 Å². The Morgan fingerprint density at radius 2 is 2.29 bits per heavy atom. The Morgan fingerprint density at radius 3 is 2.71 bits per heavy atom. The number of aliphatic imine (C=N–C) groups is 1. The quantitative estimate of drug-likeness (QED) is 0.612. The molecule has 5 heteroatoms. The van der Waals surface area contributed by atoms with Crippen molar-refractivity contribution in [2.24, 2.45) is 10.7 Å². The first-order valence-electron chi connectivity index (χ1n) is 4.18. The Labute approximate surface area is 81.6 Å². The summed E-state index contributed by atoms with van der Waals surface area (Å²) >= 11 is 0. The van der Waals surface area contributed by atoms with Crippen molar-refractivity contribution < 1.29 is 14.3 Å². The molecule has 0 saturated carbocycles. The van der Waals surface area contributed by atoms with Crippen LogP contribution in [0.15, 0.2) is 17.1 Å². The highest BCUT2D eigenvalue weighted by Crippen LogP contribution is 2.23. The van der Waals surface area contributed by atoms with Crippen LogP contribution in [0.2, 0.25) is 0 Å². The third-order valence-corrected chi connectivity index (χ3v) is 2.07. The van der Waals surface area contributed by atoms with Crippen LogP contribution in [0.25, 0.3) is 0 Å². The minimum Gasteiger partial charge on any atom is -0.469 e. The zero-order valence-electron chi connectivity index (χ0n) is 7.90. The average Bonchev–Trinajstić information content (AvgIpc) is 2.66. The number of hydrogen-bond acceptors (Lipinski definition) is 5. The van der Waals surface area contributed by atoms with Crippen LogP contribution in [0, 0.1) is 0 Å². The van der Waals surface area contributed by atoms with E-state index in [4.69, 9.17) is 5.73 Å². The molecule has 0 aromatic heterocycles. The molecule has 14 heavy (non-hydrogen) atoms. The Bertz CT molecular complexity index is 295. The molecule has 1 atom stereocenters. The number of methoxy groups -OCH3 is 1. The maximum Gasteiger partial charge on any atom is 0.308 e. The van der Waals surface area contributed by atoms with Gasteiger partial charge in [-0.05, 0) is 12.2 Å². The lowest BCUT2D eigenvalue weighted by Crippen LogP contribution is -2.40. The Morgan fingerprint density at radius 1 is 1.57 bits per heavy atom. The first-order chi connectivity index (χ1) is 6.64. The Kier molecular flexibility index (Phi) is 3.14. The van der Waals surface area contributed by atoms with Crippen molar-refractivity contribution in [2.75, 3.05) is 13.7 Å². The van der Waals surface area contributed by atoms with Crippen molar-refractivity contribution in [3.8, 4) is 0 Å². The summed E-state index contributed by atoms with van der Waals surface area (Å²) in [6.07, 6.45) is 4.58. The second-order valence-corrected chi connectivity index (χ2v) is 2.94. The third-order valence-electron chi connectivity index (χ3n) is 2.07. The van der Waals surface area contributed by atoms with Crippen LogP contribution in [-0.2, 0) is 14.3 Å². The van der Waals surface area contributed by atoms with Crippen LogP contribution in [-0.4, -0.2) is 37.2 Å². The SMILES string of the molecule is COC(=O)CC1(C(=O)CN)C=CC=N1. The molecule has 1 unspecified atom stereocenters. The van der Waals surface area contributed by atoms with Crippen LogP contribution in [0.1, 0.15) is 6.42 Å². The maximum absolute atomic E-state index is 11.5. The van der Waals surface area contributed by atoms with Gasteiger partial charge >= 0.3 is 5.97 Å². The fraction of sp³-hybridized carbons (Fsp3) is 0.444. The molecule has 76 valence electrons. The number of carbonyl (C=O) groups is 2. The normalized spacial score (nSPS) is 23.9. The number of allylic oxidation sites excluding steroid dienone is 1. The van der Waals surface area contributed by atoms with Gasteiger partial charge in [-0.3, -0.25) is 14.6 Å². The summed E-state index contributed by atoms with van der Waals surface area (Å²) in [4.78, 5) is 26.5. The molecule has 0 radical (unpaired) electrons. The standard InChI is InChI=1S/C9H12N2O3/c1-14-8(13)5-9(7(12)6-10)3-2-4-11-9/h2-4H,5-6,10H2,1H3. The van der Waals surface area contributed by atoms with Gasteiger partial charge in [0.15, 0.2) is 5.78 Å². The summed E-state index contributed by atoms with van der Waals surface area (Å²) < 4.78 is 4.49. The van der Waals surface area contributed by atoms with Gasteiger partial charge in [-0.2, -0.15) is 0 Å². The van der Waals surface area contributed by atoms with Crippen molar-refractivity contribution in [1.29, 1.82) is 0 Å². The molecule has 5 nitrogen and oxygen atoms in total. The number of nitrogens with zero attached hydrogens (tertiary/aromatic N) is 1. The molecule has 0 aromatic carbocycles. The summed E-state index contributed by atoms with van der Waals surface area (Å²) in [5.74, 6) is -0.761. The molecule has 1 aliphatic rings. The van der Waals surface area contributed by atoms with E-state index in [1.807, 2.05) is 0 Å². The van der Waals surface area contributed by atoms with E-state index in [-0.39, 0.29) is 18.7 Å². The minimum absolute atomic E-state index is 0.0907. The lowest BCUT2D eigenvalue weighted by atomic mass is 9.91. The monoisotopic (exact) mass is 196 g/mol. The number of carbonyl (C=O) groups excluding carboxylic acids is 2. The van der Waals surface area contributed by atoms with Crippen molar-refractivity contribution in [3.05, 3.63) is 12.2 Å². The highest BCUT2D eigenvalue weighted by molar-refractivity contribution is 5.99. The summed E-state index contributed by atoms with van der Waals surface area (Å²) in [5, 5.41) is 0. The number of ketones is 1. The number of esters is 1. The number of rotatable bonds is 4. The molecule has 0 saturated heterocycles. The van der Waals surface area contributed by atoms with Gasteiger partial charge in [0.25, 0.3) is 0 Å². The first-order valence-corrected chi connectivity index (χ1v) is 4.18. The van der Waals surface area contributed by atoms with E-state index >= 15 is 0 Å². The van der Waals surface area contributed by atoms with E-state index in [9.17, 15) is 9.59 Å². The van der Waals surface area contributed by atoms with Crippen LogP contribution in [0.4, 0.5) is 0 Å². The van der Waals surface area contributed by atoms with E-state index in [0.717, 1.165) is 0 Å². The van der Waals surface area contributed by atoms with Crippen molar-refractivity contribution in [1.82, 2.24) is 0 Å². The van der Waals surface area contributed by atoms with Crippen LogP contribution >= 0.6 is 0 Å². The molecular formula is C9H12N2O3. The topological polar surface area (TPSA) is 81.8 Å². The lowest BCUT2D eigenvalue weighted by Gasteiger charge is -2.20. The molecule has 0 bridgehead atoms. The number of nitrogens with two attached hydrogens (primary N) is 1. The van der Waals surface area contributed by atoms with Gasteiger partial charge in [-0.25, -0.2) is 0 Å². The summed E-state index contributed by atoms with van der Waals surface area (Å²) in [7, 11) is 1.27. The molecule has 0 spiro atoms. The smallest absolute Gasteiger partial charge is 0.308 e. The average molecular weight is 196 g/mol. The predicted octanol–water partition coefficient (Wildman–Crippen LogP) is -0.543. The van der Waals surface area contributed by atoms with Crippen LogP contribution < -0.4 is 5.73 Å². The largest absolute Gasteiger partial charge is 0.469 e. The second kappa shape index (κ2) is 4.15. The van der Waals surface area contributed by atoms with Crippen molar-refractivity contribution in [3.63, 3.8) is 0 Å². The Balaban J connectivity index is 2.84. The molecule has 0 fully saturated rings.